The number of nitrogens with zero attached hydrogens (tertiary/aromatic N) is 5. The van der Waals surface area contributed by atoms with Gasteiger partial charge in [0.25, 0.3) is 0 Å². The summed E-state index contributed by atoms with van der Waals surface area (Å²) in [7, 11) is 0. The smallest absolute Gasteiger partial charge is 0.362 e. The molecule has 0 aliphatic rings. The van der Waals surface area contributed by atoms with E-state index in [2.05, 4.69) is 25.7 Å². The minimum absolute atomic E-state index is 0.174. The number of rotatable bonds is 6. The van der Waals surface area contributed by atoms with Gasteiger partial charge in [0.2, 0.25) is 0 Å². The van der Waals surface area contributed by atoms with E-state index >= 15 is 0 Å². The van der Waals surface area contributed by atoms with Gasteiger partial charge in [0.15, 0.2) is 11.5 Å². The van der Waals surface area contributed by atoms with Gasteiger partial charge in [-0.2, -0.15) is 5.10 Å². The lowest BCUT2D eigenvalue weighted by molar-refractivity contribution is 0.322. The van der Waals surface area contributed by atoms with Crippen molar-refractivity contribution in [1.82, 2.24) is 15.4 Å². The van der Waals surface area contributed by atoms with E-state index in [9.17, 15) is 4.79 Å². The highest BCUT2D eigenvalue weighted by Gasteiger charge is 2.18. The van der Waals surface area contributed by atoms with Crippen molar-refractivity contribution in [1.29, 1.82) is 0 Å². The van der Waals surface area contributed by atoms with Gasteiger partial charge in [0.05, 0.1) is 18.1 Å². The molecule has 9 heteroatoms. The first-order valence-electron chi connectivity index (χ1n) is 7.67. The van der Waals surface area contributed by atoms with Crippen LogP contribution in [-0.4, -0.2) is 32.5 Å². The Hall–Kier alpha value is -3.49. The van der Waals surface area contributed by atoms with E-state index in [1.807, 2.05) is 19.1 Å². The number of hydrogen-bond donors (Lipinski definition) is 2. The molecule has 0 bridgehead atoms. The van der Waals surface area contributed by atoms with Crippen LogP contribution in [0.3, 0.4) is 0 Å². The lowest BCUT2D eigenvalue weighted by Crippen LogP contribution is -2.20. The number of anilines is 2. The first-order valence-corrected chi connectivity index (χ1v) is 7.67. The van der Waals surface area contributed by atoms with Gasteiger partial charge in [-0.25, -0.2) is 9.80 Å². The SMILES string of the molecule is CCCC(/C=N\O)=N/N(c1c[nH]nn1)c1cc2ccccc2oc1=O. The Kier molecular flexibility index (Phi) is 4.84. The summed E-state index contributed by atoms with van der Waals surface area (Å²) in [5.41, 5.74) is 0.557. The monoisotopic (exact) mass is 340 g/mol. The van der Waals surface area contributed by atoms with Gasteiger partial charge in [-0.15, -0.1) is 5.10 Å². The van der Waals surface area contributed by atoms with Gasteiger partial charge in [-0.05, 0) is 18.6 Å². The highest BCUT2D eigenvalue weighted by Crippen LogP contribution is 2.24. The Morgan fingerprint density at radius 1 is 1.44 bits per heavy atom. The number of benzene rings is 1. The second-order valence-electron chi connectivity index (χ2n) is 5.19. The molecule has 25 heavy (non-hydrogen) atoms. The molecule has 128 valence electrons. The van der Waals surface area contributed by atoms with Gasteiger partial charge in [0.1, 0.15) is 5.58 Å². The largest absolute Gasteiger partial charge is 0.421 e. The maximum Gasteiger partial charge on any atom is 0.362 e. The van der Waals surface area contributed by atoms with Gasteiger partial charge in [0, 0.05) is 5.39 Å². The molecule has 0 spiro atoms. The van der Waals surface area contributed by atoms with Crippen molar-refractivity contribution in [3.05, 3.63) is 46.9 Å². The zero-order chi connectivity index (χ0) is 17.6. The van der Waals surface area contributed by atoms with E-state index < -0.39 is 5.63 Å². The van der Waals surface area contributed by atoms with E-state index in [1.54, 1.807) is 18.2 Å². The number of fused-ring (bicyclic) bond motifs is 1. The van der Waals surface area contributed by atoms with E-state index in [0.29, 0.717) is 23.5 Å². The second-order valence-corrected chi connectivity index (χ2v) is 5.19. The van der Waals surface area contributed by atoms with Gasteiger partial charge in [-0.1, -0.05) is 41.9 Å². The summed E-state index contributed by atoms with van der Waals surface area (Å²) in [4.78, 5) is 12.4. The van der Waals surface area contributed by atoms with Crippen LogP contribution in [0.1, 0.15) is 19.8 Å². The number of hydrogen-bond acceptors (Lipinski definition) is 8. The highest BCUT2D eigenvalue weighted by molar-refractivity contribution is 6.30. The van der Waals surface area contributed by atoms with Crippen LogP contribution >= 0.6 is 0 Å². The molecule has 0 fully saturated rings. The first kappa shape index (κ1) is 16.4. The van der Waals surface area contributed by atoms with Crippen molar-refractivity contribution in [3.63, 3.8) is 0 Å². The number of aromatic amines is 1. The highest BCUT2D eigenvalue weighted by atomic mass is 16.4. The molecule has 3 aromatic rings. The Labute approximate surface area is 142 Å². The summed E-state index contributed by atoms with van der Waals surface area (Å²) in [6.07, 6.45) is 4.05. The minimum Gasteiger partial charge on any atom is -0.421 e. The Bertz CT molecular complexity index is 961. The molecular weight excluding hydrogens is 324 g/mol. The quantitative estimate of drug-likeness (QED) is 0.308. The standard InChI is InChI=1S/C16H16N6O3/c1-2-5-12(9-18-24)20-22(15-10-17-21-19-15)13-8-11-6-3-4-7-14(11)25-16(13)23/h3-4,6-10,24H,2,5H2,1H3,(H,17,19,21)/b18-9-,20-12-. The lowest BCUT2D eigenvalue weighted by Gasteiger charge is -2.16. The topological polar surface area (TPSA) is 120 Å². The van der Waals surface area contributed by atoms with Gasteiger partial charge < -0.3 is 9.62 Å². The van der Waals surface area contributed by atoms with Crippen LogP contribution in [0.2, 0.25) is 0 Å². The predicted molar refractivity (Wildman–Crippen MR) is 93.6 cm³/mol. The normalized spacial score (nSPS) is 12.1. The van der Waals surface area contributed by atoms with Gasteiger partial charge >= 0.3 is 5.63 Å². The van der Waals surface area contributed by atoms with Crippen LogP contribution in [0.5, 0.6) is 0 Å². The van der Waals surface area contributed by atoms with Crippen molar-refractivity contribution in [2.75, 3.05) is 5.01 Å². The summed E-state index contributed by atoms with van der Waals surface area (Å²) in [5, 5.41) is 28.5. The molecule has 0 saturated carbocycles. The molecule has 3 rings (SSSR count). The fourth-order valence-corrected chi connectivity index (χ4v) is 2.32. The molecule has 2 N–H and O–H groups in total. The molecule has 0 radical (unpaired) electrons. The Balaban J connectivity index is 2.17. The summed E-state index contributed by atoms with van der Waals surface area (Å²) >= 11 is 0. The Morgan fingerprint density at radius 2 is 2.28 bits per heavy atom. The molecule has 9 nitrogen and oxygen atoms in total. The summed E-state index contributed by atoms with van der Waals surface area (Å²) in [6.45, 7) is 1.96. The molecule has 0 saturated heterocycles. The van der Waals surface area contributed by atoms with Crippen molar-refractivity contribution in [2.45, 2.75) is 19.8 Å². The average Bonchev–Trinajstić information content (AvgIpc) is 3.14. The molecule has 0 unspecified atom stereocenters. The van der Waals surface area contributed by atoms with E-state index in [0.717, 1.165) is 11.8 Å². The number of aromatic nitrogens is 3. The van der Waals surface area contributed by atoms with Crippen molar-refractivity contribution < 1.29 is 9.62 Å². The molecule has 0 amide bonds. The third kappa shape index (κ3) is 3.55. The van der Waals surface area contributed by atoms with E-state index in [4.69, 9.17) is 9.62 Å². The summed E-state index contributed by atoms with van der Waals surface area (Å²) in [6, 6.07) is 8.84. The number of para-hydroxylation sites is 1. The zero-order valence-corrected chi connectivity index (χ0v) is 13.5. The Morgan fingerprint density at radius 3 is 3.00 bits per heavy atom. The van der Waals surface area contributed by atoms with Crippen LogP contribution in [0.15, 0.2) is 56.0 Å². The van der Waals surface area contributed by atoms with Crippen LogP contribution in [0, 0.1) is 0 Å². The van der Waals surface area contributed by atoms with E-state index in [1.165, 1.54) is 17.4 Å². The summed E-state index contributed by atoms with van der Waals surface area (Å²) < 4.78 is 5.37. The zero-order valence-electron chi connectivity index (χ0n) is 13.5. The predicted octanol–water partition coefficient (Wildman–Crippen LogP) is 2.67. The molecule has 2 heterocycles. The van der Waals surface area contributed by atoms with Crippen LogP contribution in [0.25, 0.3) is 11.0 Å². The van der Waals surface area contributed by atoms with Crippen molar-refractivity contribution >= 4 is 34.4 Å². The van der Waals surface area contributed by atoms with Crippen LogP contribution in [0.4, 0.5) is 11.5 Å². The number of hydrazone groups is 1. The van der Waals surface area contributed by atoms with Crippen molar-refractivity contribution in [3.8, 4) is 0 Å². The third-order valence-corrected chi connectivity index (χ3v) is 3.41. The molecule has 2 aromatic heterocycles. The van der Waals surface area contributed by atoms with Crippen LogP contribution in [-0.2, 0) is 0 Å². The number of nitrogens with one attached hydrogen (secondary N) is 1. The maximum absolute atomic E-state index is 12.4. The first-order chi connectivity index (χ1) is 12.2. The second kappa shape index (κ2) is 7.39. The fraction of sp³-hybridized carbons (Fsp3) is 0.188. The molecule has 0 aliphatic carbocycles. The number of oxime groups is 1. The van der Waals surface area contributed by atoms with E-state index in [-0.39, 0.29) is 5.69 Å². The summed E-state index contributed by atoms with van der Waals surface area (Å²) in [5.74, 6) is 0.308. The average molecular weight is 340 g/mol. The molecule has 1 aromatic carbocycles. The molecule has 0 atom stereocenters. The fourth-order valence-electron chi connectivity index (χ4n) is 2.32. The number of H-pyrrole nitrogens is 1. The van der Waals surface area contributed by atoms with Crippen molar-refractivity contribution in [2.24, 2.45) is 10.3 Å². The third-order valence-electron chi connectivity index (χ3n) is 3.41. The maximum atomic E-state index is 12.4. The molecule has 0 aliphatic heterocycles. The van der Waals surface area contributed by atoms with Crippen LogP contribution < -0.4 is 10.6 Å². The van der Waals surface area contributed by atoms with Gasteiger partial charge in [-0.3, -0.25) is 5.10 Å². The minimum atomic E-state index is -0.567. The lowest BCUT2D eigenvalue weighted by atomic mass is 10.2. The molecular formula is C16H16N6O3.